The molecule has 0 radical (unpaired) electrons. The molecule has 1 nitrogen and oxygen atoms in total. The molecule has 1 aromatic rings. The van der Waals surface area contributed by atoms with Gasteiger partial charge in [-0.3, -0.25) is 0 Å². The standard InChI is InChI=1S/C48H59N/c1-35(32-48(40-24-13-6-14-25-40)49-36(2)44-28-15-16-29-45(44)38-20-9-4-10-21-38)41-26-17-27-43(33-41)46-31-30-42(37-18-7-3-8-19-37)34-47(46)39-22-11-5-12-23-39/h3-5,7,9-11,13,15-16,18,20,24-25,28-31,34,36,38-39,41,43,46-49H,1,6,8,12,14,17,19,21-23,26-27,32-33H2,2H3. The molecule has 256 valence electrons. The second kappa shape index (κ2) is 16.5. The molecule has 7 rings (SSSR count). The van der Waals surface area contributed by atoms with Gasteiger partial charge in [-0.05, 0) is 141 Å². The molecule has 6 aliphatic carbocycles. The van der Waals surface area contributed by atoms with Crippen molar-refractivity contribution in [1.29, 1.82) is 0 Å². The van der Waals surface area contributed by atoms with Crippen LogP contribution in [0.4, 0.5) is 0 Å². The minimum absolute atomic E-state index is 0.261. The maximum Gasteiger partial charge on any atom is 0.0359 e. The summed E-state index contributed by atoms with van der Waals surface area (Å²) in [4.78, 5) is 0. The quantitative estimate of drug-likeness (QED) is 0.235. The Morgan fingerprint density at radius 3 is 2.57 bits per heavy atom. The molecule has 0 bridgehead atoms. The van der Waals surface area contributed by atoms with Gasteiger partial charge in [-0.25, -0.2) is 0 Å². The van der Waals surface area contributed by atoms with E-state index in [0.29, 0.717) is 23.7 Å². The second-order valence-electron chi connectivity index (χ2n) is 15.7. The molecule has 1 fully saturated rings. The lowest BCUT2D eigenvalue weighted by atomic mass is 9.63. The Labute approximate surface area is 297 Å². The van der Waals surface area contributed by atoms with Crippen molar-refractivity contribution >= 4 is 0 Å². The highest BCUT2D eigenvalue weighted by Crippen LogP contribution is 2.47. The van der Waals surface area contributed by atoms with E-state index in [0.717, 1.165) is 37.5 Å². The normalized spacial score (nSPS) is 30.8. The van der Waals surface area contributed by atoms with E-state index >= 15 is 0 Å². The van der Waals surface area contributed by atoms with Gasteiger partial charge in [0.05, 0.1) is 0 Å². The van der Waals surface area contributed by atoms with Crippen molar-refractivity contribution in [3.8, 4) is 0 Å². The molecule has 8 atom stereocenters. The van der Waals surface area contributed by atoms with Crippen molar-refractivity contribution in [2.45, 2.75) is 108 Å². The van der Waals surface area contributed by atoms with Crippen LogP contribution in [-0.2, 0) is 0 Å². The Balaban J connectivity index is 1.06. The summed E-state index contributed by atoms with van der Waals surface area (Å²) in [6.45, 7) is 7.26. The average Bonchev–Trinajstić information content (AvgIpc) is 3.18. The zero-order valence-electron chi connectivity index (χ0n) is 30.0. The lowest BCUT2D eigenvalue weighted by Gasteiger charge is -2.42. The van der Waals surface area contributed by atoms with Gasteiger partial charge >= 0.3 is 0 Å². The fraction of sp³-hybridized carbons (Fsp3) is 0.458. The van der Waals surface area contributed by atoms with Crippen molar-refractivity contribution in [3.05, 3.63) is 155 Å². The van der Waals surface area contributed by atoms with Crippen molar-refractivity contribution in [3.63, 3.8) is 0 Å². The molecule has 0 aromatic heterocycles. The smallest absolute Gasteiger partial charge is 0.0359 e. The second-order valence-corrected chi connectivity index (χ2v) is 15.7. The summed E-state index contributed by atoms with van der Waals surface area (Å²) < 4.78 is 0. The third-order valence-corrected chi connectivity index (χ3v) is 12.6. The molecule has 0 amide bonds. The van der Waals surface area contributed by atoms with E-state index in [1.165, 1.54) is 91.2 Å². The van der Waals surface area contributed by atoms with Crippen LogP contribution in [0.5, 0.6) is 0 Å². The minimum Gasteiger partial charge on any atom is -0.303 e. The summed E-state index contributed by atoms with van der Waals surface area (Å²) in [5.41, 5.74) is 8.86. The van der Waals surface area contributed by atoms with Gasteiger partial charge in [-0.15, -0.1) is 0 Å². The molecule has 1 aromatic carbocycles. The number of hydrogen-bond acceptors (Lipinski definition) is 1. The monoisotopic (exact) mass is 649 g/mol. The minimum atomic E-state index is 0.261. The lowest BCUT2D eigenvalue weighted by Crippen LogP contribution is -2.36. The van der Waals surface area contributed by atoms with Gasteiger partial charge in [0, 0.05) is 18.0 Å². The van der Waals surface area contributed by atoms with Crippen LogP contribution in [0.1, 0.15) is 113 Å². The third kappa shape index (κ3) is 8.32. The molecule has 6 aliphatic rings. The van der Waals surface area contributed by atoms with Crippen molar-refractivity contribution < 1.29 is 0 Å². The van der Waals surface area contributed by atoms with Gasteiger partial charge in [0.1, 0.15) is 0 Å². The van der Waals surface area contributed by atoms with Crippen LogP contribution in [0.25, 0.3) is 0 Å². The van der Waals surface area contributed by atoms with Gasteiger partial charge in [0.15, 0.2) is 0 Å². The summed E-state index contributed by atoms with van der Waals surface area (Å²) in [5.74, 6) is 3.86. The molecule has 0 heterocycles. The lowest BCUT2D eigenvalue weighted by molar-refractivity contribution is 0.168. The predicted octanol–water partition coefficient (Wildman–Crippen LogP) is 12.7. The topological polar surface area (TPSA) is 12.0 Å². The van der Waals surface area contributed by atoms with Crippen LogP contribution in [0, 0.1) is 29.6 Å². The highest BCUT2D eigenvalue weighted by molar-refractivity contribution is 5.46. The van der Waals surface area contributed by atoms with Crippen LogP contribution in [0.2, 0.25) is 0 Å². The molecule has 0 spiro atoms. The van der Waals surface area contributed by atoms with Gasteiger partial charge in [0.2, 0.25) is 0 Å². The van der Waals surface area contributed by atoms with E-state index in [1.807, 2.05) is 0 Å². The van der Waals surface area contributed by atoms with Gasteiger partial charge in [-0.1, -0.05) is 134 Å². The zero-order valence-corrected chi connectivity index (χ0v) is 30.0. The van der Waals surface area contributed by atoms with Gasteiger partial charge in [0.25, 0.3) is 0 Å². The number of hydrogen-bond donors (Lipinski definition) is 1. The van der Waals surface area contributed by atoms with Gasteiger partial charge in [-0.2, -0.15) is 0 Å². The van der Waals surface area contributed by atoms with Crippen LogP contribution in [0.3, 0.4) is 0 Å². The SMILES string of the molecule is C=C(CC(NC(C)c1ccccc1C1C=CC=CC1)C1=CCCC=C1)C1CCCC(C2C=CC(C3=CC=CCC3)=CC2C2CC=CCC2)C1. The molecule has 0 saturated heterocycles. The maximum absolute atomic E-state index is 4.88. The van der Waals surface area contributed by atoms with Crippen molar-refractivity contribution in [2.75, 3.05) is 0 Å². The number of benzene rings is 1. The van der Waals surface area contributed by atoms with E-state index in [4.69, 9.17) is 6.58 Å². The number of allylic oxidation sites excluding steroid dienone is 16. The Morgan fingerprint density at radius 2 is 1.78 bits per heavy atom. The van der Waals surface area contributed by atoms with Crippen LogP contribution >= 0.6 is 0 Å². The largest absolute Gasteiger partial charge is 0.303 e. The average molecular weight is 650 g/mol. The fourth-order valence-electron chi connectivity index (χ4n) is 9.85. The molecular formula is C48H59N. The van der Waals surface area contributed by atoms with E-state index in [-0.39, 0.29) is 12.1 Å². The molecular weight excluding hydrogens is 591 g/mol. The molecule has 8 unspecified atom stereocenters. The first-order valence-electron chi connectivity index (χ1n) is 19.8. The summed E-state index contributed by atoms with van der Waals surface area (Å²) in [7, 11) is 0. The van der Waals surface area contributed by atoms with Crippen LogP contribution in [0.15, 0.2) is 144 Å². The van der Waals surface area contributed by atoms with E-state index in [1.54, 1.807) is 0 Å². The first-order valence-corrected chi connectivity index (χ1v) is 19.8. The highest BCUT2D eigenvalue weighted by Gasteiger charge is 2.37. The Morgan fingerprint density at radius 1 is 0.837 bits per heavy atom. The van der Waals surface area contributed by atoms with E-state index in [9.17, 15) is 0 Å². The Kier molecular flexibility index (Phi) is 11.5. The van der Waals surface area contributed by atoms with Crippen LogP contribution < -0.4 is 5.32 Å². The maximum atomic E-state index is 4.88. The summed E-state index contributed by atoms with van der Waals surface area (Å²) in [5, 5.41) is 4.16. The molecule has 1 N–H and O–H groups in total. The van der Waals surface area contributed by atoms with Gasteiger partial charge < -0.3 is 5.32 Å². The van der Waals surface area contributed by atoms with E-state index < -0.39 is 0 Å². The van der Waals surface area contributed by atoms with Crippen LogP contribution in [-0.4, -0.2) is 6.04 Å². The summed E-state index contributed by atoms with van der Waals surface area (Å²) in [6.07, 6.45) is 51.9. The first kappa shape index (κ1) is 34.0. The summed E-state index contributed by atoms with van der Waals surface area (Å²) >= 11 is 0. The third-order valence-electron chi connectivity index (χ3n) is 12.6. The van der Waals surface area contributed by atoms with Crippen molar-refractivity contribution in [2.24, 2.45) is 29.6 Å². The first-order chi connectivity index (χ1) is 24.1. The van der Waals surface area contributed by atoms with E-state index in [2.05, 4.69) is 128 Å². The number of nitrogens with one attached hydrogen (secondary N) is 1. The van der Waals surface area contributed by atoms with Crippen molar-refractivity contribution in [1.82, 2.24) is 5.32 Å². The molecule has 49 heavy (non-hydrogen) atoms. The molecule has 1 saturated carbocycles. The molecule has 1 heteroatoms. The highest BCUT2D eigenvalue weighted by atomic mass is 14.9. The molecule has 0 aliphatic heterocycles. The zero-order chi connectivity index (χ0) is 33.4. The Hall–Kier alpha value is -3.42. The fourth-order valence-corrected chi connectivity index (χ4v) is 9.85. The Bertz CT molecular complexity index is 1600. The number of rotatable bonds is 11. The predicted molar refractivity (Wildman–Crippen MR) is 210 cm³/mol. The summed E-state index contributed by atoms with van der Waals surface area (Å²) in [6, 6.07) is 9.66.